The fraction of sp³-hybridized carbons (Fsp3) is 0.0667. The van der Waals surface area contributed by atoms with Gasteiger partial charge in [0.25, 0.3) is 0 Å². The second kappa shape index (κ2) is 5.07. The van der Waals surface area contributed by atoms with Gasteiger partial charge in [-0.3, -0.25) is 0 Å². The van der Waals surface area contributed by atoms with Crippen molar-refractivity contribution in [2.24, 2.45) is 0 Å². The second-order valence-electron chi connectivity index (χ2n) is 3.96. The van der Waals surface area contributed by atoms with Crippen molar-refractivity contribution < 1.29 is 4.57 Å². The van der Waals surface area contributed by atoms with Gasteiger partial charge in [0.2, 0.25) is 0 Å². The first-order valence-corrected chi connectivity index (χ1v) is 6.72. The Bertz CT molecular complexity index is 541. The fourth-order valence-corrected chi connectivity index (χ4v) is 2.75. The van der Waals surface area contributed by atoms with Gasteiger partial charge in [0.15, 0.2) is 10.6 Å². The third-order valence-electron chi connectivity index (χ3n) is 2.59. The molecule has 0 aromatic heterocycles. The zero-order valence-electron chi connectivity index (χ0n) is 9.76. The highest BCUT2D eigenvalue weighted by molar-refractivity contribution is 7.61. The molecule has 0 saturated heterocycles. The van der Waals surface area contributed by atoms with E-state index in [1.54, 1.807) is 0 Å². The maximum atomic E-state index is 12.3. The van der Waals surface area contributed by atoms with Crippen LogP contribution in [0.15, 0.2) is 61.2 Å². The Morgan fingerprint density at radius 2 is 1.47 bits per heavy atom. The fourth-order valence-electron chi connectivity index (χ4n) is 1.59. The minimum atomic E-state index is -1.48. The van der Waals surface area contributed by atoms with E-state index in [0.29, 0.717) is 0 Å². The molecule has 2 aromatic rings. The van der Waals surface area contributed by atoms with Gasteiger partial charge < -0.3 is 0 Å². The van der Waals surface area contributed by atoms with E-state index >= 15 is 0 Å². The predicted molar refractivity (Wildman–Crippen MR) is 74.5 cm³/mol. The van der Waals surface area contributed by atoms with Gasteiger partial charge in [-0.05, 0) is 36.8 Å². The molecule has 0 amide bonds. The van der Waals surface area contributed by atoms with Gasteiger partial charge in [-0.15, -0.1) is 0 Å². The highest BCUT2D eigenvalue weighted by atomic mass is 31.1. The van der Waals surface area contributed by atoms with E-state index in [1.165, 1.54) is 0 Å². The van der Waals surface area contributed by atoms with Crippen LogP contribution in [0.25, 0.3) is 5.57 Å². The molecule has 0 aliphatic heterocycles. The van der Waals surface area contributed by atoms with Crippen LogP contribution in [-0.4, -0.2) is 0 Å². The SMILES string of the molecule is C=C(C)c1ccc([P+](=O)c2ccccc2)cc1. The molecule has 0 aliphatic carbocycles. The highest BCUT2D eigenvalue weighted by Crippen LogP contribution is 2.20. The van der Waals surface area contributed by atoms with Crippen LogP contribution < -0.4 is 10.6 Å². The van der Waals surface area contributed by atoms with Crippen LogP contribution in [0, 0.1) is 0 Å². The van der Waals surface area contributed by atoms with Crippen molar-refractivity contribution in [3.63, 3.8) is 0 Å². The summed E-state index contributed by atoms with van der Waals surface area (Å²) in [5.74, 6) is 0. The Balaban J connectivity index is 2.30. The molecular formula is C15H14OP+. The molecule has 0 saturated carbocycles. The Kier molecular flexibility index (Phi) is 3.51. The molecule has 1 unspecified atom stereocenters. The second-order valence-corrected chi connectivity index (χ2v) is 5.58. The molecule has 2 heteroatoms. The summed E-state index contributed by atoms with van der Waals surface area (Å²) < 4.78 is 12.3. The van der Waals surface area contributed by atoms with Gasteiger partial charge in [-0.2, -0.15) is 0 Å². The lowest BCUT2D eigenvalue weighted by molar-refractivity contribution is 0.598. The Morgan fingerprint density at radius 1 is 0.941 bits per heavy atom. The van der Waals surface area contributed by atoms with Gasteiger partial charge in [0, 0.05) is 0 Å². The molecule has 2 aromatic carbocycles. The van der Waals surface area contributed by atoms with Gasteiger partial charge >= 0.3 is 7.80 Å². The average Bonchev–Trinajstić information content (AvgIpc) is 2.39. The first-order chi connectivity index (χ1) is 8.18. The van der Waals surface area contributed by atoms with E-state index in [1.807, 2.05) is 61.5 Å². The number of hydrogen-bond donors (Lipinski definition) is 0. The summed E-state index contributed by atoms with van der Waals surface area (Å²) in [6.07, 6.45) is 0. The number of hydrogen-bond acceptors (Lipinski definition) is 1. The smallest absolute Gasteiger partial charge is 0.0955 e. The quantitative estimate of drug-likeness (QED) is 0.752. The molecule has 0 spiro atoms. The largest absolute Gasteiger partial charge is 0.415 e. The summed E-state index contributed by atoms with van der Waals surface area (Å²) >= 11 is 0. The topological polar surface area (TPSA) is 17.1 Å². The Morgan fingerprint density at radius 3 is 2.00 bits per heavy atom. The third-order valence-corrected chi connectivity index (χ3v) is 4.12. The van der Waals surface area contributed by atoms with E-state index in [4.69, 9.17) is 0 Å². The minimum absolute atomic E-state index is 0.858. The number of rotatable bonds is 3. The summed E-state index contributed by atoms with van der Waals surface area (Å²) in [6.45, 7) is 5.85. The molecule has 1 nitrogen and oxygen atoms in total. The molecule has 1 atom stereocenters. The molecule has 17 heavy (non-hydrogen) atoms. The average molecular weight is 241 g/mol. The maximum Gasteiger partial charge on any atom is 0.415 e. The van der Waals surface area contributed by atoms with Crippen LogP contribution in [0.1, 0.15) is 12.5 Å². The molecule has 0 heterocycles. The summed E-state index contributed by atoms with van der Waals surface area (Å²) in [7, 11) is -1.48. The van der Waals surface area contributed by atoms with Crippen molar-refractivity contribution in [3.05, 3.63) is 66.7 Å². The first kappa shape index (κ1) is 11.8. The van der Waals surface area contributed by atoms with Crippen LogP contribution in [0.2, 0.25) is 0 Å². The van der Waals surface area contributed by atoms with E-state index in [2.05, 4.69) is 6.58 Å². The van der Waals surface area contributed by atoms with Gasteiger partial charge in [-0.1, -0.05) is 47.0 Å². The number of benzene rings is 2. The summed E-state index contributed by atoms with van der Waals surface area (Å²) in [5.41, 5.74) is 2.11. The normalized spacial score (nSPS) is 11.0. The van der Waals surface area contributed by atoms with Crippen molar-refractivity contribution in [3.8, 4) is 0 Å². The first-order valence-electron chi connectivity index (χ1n) is 5.47. The lowest BCUT2D eigenvalue weighted by atomic mass is 10.1. The van der Waals surface area contributed by atoms with Gasteiger partial charge in [-0.25, -0.2) is 0 Å². The molecule has 0 N–H and O–H groups in total. The Hall–Kier alpha value is -1.72. The molecule has 0 fully saturated rings. The van der Waals surface area contributed by atoms with E-state index < -0.39 is 7.80 Å². The van der Waals surface area contributed by atoms with Crippen molar-refractivity contribution >= 4 is 24.0 Å². The maximum absolute atomic E-state index is 12.3. The van der Waals surface area contributed by atoms with Gasteiger partial charge in [0.05, 0.1) is 0 Å². The Labute approximate surface area is 103 Å². The monoisotopic (exact) mass is 241 g/mol. The summed E-state index contributed by atoms with van der Waals surface area (Å²) in [6, 6.07) is 17.3. The van der Waals surface area contributed by atoms with Crippen molar-refractivity contribution in [2.75, 3.05) is 0 Å². The minimum Gasteiger partial charge on any atom is -0.0955 e. The molecule has 2 rings (SSSR count). The summed E-state index contributed by atoms with van der Waals surface area (Å²) in [4.78, 5) is 0. The van der Waals surface area contributed by atoms with E-state index in [-0.39, 0.29) is 0 Å². The zero-order chi connectivity index (χ0) is 12.3. The highest BCUT2D eigenvalue weighted by Gasteiger charge is 2.22. The van der Waals surface area contributed by atoms with Crippen LogP contribution >= 0.6 is 7.80 Å². The van der Waals surface area contributed by atoms with Crippen molar-refractivity contribution in [1.82, 2.24) is 0 Å². The standard InChI is InChI=1S/C15H14OP/c1-12(2)13-8-10-15(11-9-13)17(16)14-6-4-3-5-7-14/h3-11H,1H2,2H3/q+1. The lowest BCUT2D eigenvalue weighted by Gasteiger charge is -1.97. The van der Waals surface area contributed by atoms with E-state index in [0.717, 1.165) is 21.7 Å². The van der Waals surface area contributed by atoms with Crippen molar-refractivity contribution in [1.29, 1.82) is 0 Å². The van der Waals surface area contributed by atoms with E-state index in [9.17, 15) is 4.57 Å². The van der Waals surface area contributed by atoms with Crippen LogP contribution in [-0.2, 0) is 4.57 Å². The van der Waals surface area contributed by atoms with Crippen LogP contribution in [0.3, 0.4) is 0 Å². The van der Waals surface area contributed by atoms with Crippen LogP contribution in [0.5, 0.6) is 0 Å². The summed E-state index contributed by atoms with van der Waals surface area (Å²) in [5, 5.41) is 1.72. The predicted octanol–water partition coefficient (Wildman–Crippen LogP) is 3.50. The molecule has 0 bridgehead atoms. The van der Waals surface area contributed by atoms with Crippen LogP contribution in [0.4, 0.5) is 0 Å². The zero-order valence-corrected chi connectivity index (χ0v) is 10.7. The molecular weight excluding hydrogens is 227 g/mol. The lowest BCUT2D eigenvalue weighted by Crippen LogP contribution is -2.05. The molecule has 0 aliphatic rings. The number of allylic oxidation sites excluding steroid dienone is 1. The molecule has 0 radical (unpaired) electrons. The van der Waals surface area contributed by atoms with Gasteiger partial charge in [0.1, 0.15) is 0 Å². The molecule has 84 valence electrons. The third kappa shape index (κ3) is 2.69. The van der Waals surface area contributed by atoms with Crippen molar-refractivity contribution in [2.45, 2.75) is 6.92 Å².